The summed E-state index contributed by atoms with van der Waals surface area (Å²) in [6.45, 7) is 6.67. The summed E-state index contributed by atoms with van der Waals surface area (Å²) in [5.41, 5.74) is 10.9. The van der Waals surface area contributed by atoms with Gasteiger partial charge in [-0.15, -0.1) is 0 Å². The highest BCUT2D eigenvalue weighted by Gasteiger charge is 2.11. The van der Waals surface area contributed by atoms with Gasteiger partial charge in [-0.3, -0.25) is 10.3 Å². The third kappa shape index (κ3) is 6.54. The fraction of sp³-hybridized carbons (Fsp3) is 0.625. The summed E-state index contributed by atoms with van der Waals surface area (Å²) >= 11 is 0. The lowest BCUT2D eigenvalue weighted by molar-refractivity contribution is 0.0320. The molecule has 5 nitrogen and oxygen atoms in total. The van der Waals surface area contributed by atoms with Crippen LogP contribution in [-0.2, 0) is 11.2 Å². The van der Waals surface area contributed by atoms with Crippen molar-refractivity contribution in [3.05, 3.63) is 35.9 Å². The van der Waals surface area contributed by atoms with Gasteiger partial charge in [0.1, 0.15) is 0 Å². The molecule has 118 valence electrons. The Bertz CT molecular complexity index is 381. The number of morpholine rings is 1. The van der Waals surface area contributed by atoms with Crippen molar-refractivity contribution < 1.29 is 4.74 Å². The normalized spacial score (nSPS) is 18.0. The molecular weight excluding hydrogens is 264 g/mol. The Labute approximate surface area is 128 Å². The smallest absolute Gasteiger partial charge is 0.0594 e. The molecule has 5 heteroatoms. The minimum Gasteiger partial charge on any atom is -0.379 e. The van der Waals surface area contributed by atoms with E-state index in [4.69, 9.17) is 10.5 Å². The number of hydrazine groups is 1. The van der Waals surface area contributed by atoms with Gasteiger partial charge >= 0.3 is 0 Å². The molecule has 1 aromatic rings. The highest BCUT2D eigenvalue weighted by molar-refractivity contribution is 5.15. The average Bonchev–Trinajstić information content (AvgIpc) is 2.53. The molecular formula is C16H28N4O. The summed E-state index contributed by atoms with van der Waals surface area (Å²) in [4.78, 5) is 2.44. The second-order valence-corrected chi connectivity index (χ2v) is 5.69. The molecule has 1 saturated heterocycles. The van der Waals surface area contributed by atoms with Crippen molar-refractivity contribution in [2.24, 2.45) is 5.73 Å². The summed E-state index contributed by atoms with van der Waals surface area (Å²) in [6.07, 6.45) is 0.908. The molecule has 1 fully saturated rings. The Morgan fingerprint density at radius 3 is 2.71 bits per heavy atom. The third-order valence-corrected chi connectivity index (χ3v) is 3.82. The van der Waals surface area contributed by atoms with Crippen LogP contribution in [0.1, 0.15) is 5.56 Å². The van der Waals surface area contributed by atoms with Gasteiger partial charge in [-0.1, -0.05) is 30.3 Å². The second-order valence-electron chi connectivity index (χ2n) is 5.69. The van der Waals surface area contributed by atoms with Crippen LogP contribution in [0.5, 0.6) is 0 Å². The van der Waals surface area contributed by atoms with E-state index in [9.17, 15) is 0 Å². The molecule has 1 atom stereocenters. The topological polar surface area (TPSA) is 53.8 Å². The first-order chi connectivity index (χ1) is 10.2. The van der Waals surface area contributed by atoms with E-state index in [1.54, 1.807) is 0 Å². The van der Waals surface area contributed by atoms with Crippen LogP contribution in [-0.4, -0.2) is 68.9 Å². The number of ether oxygens (including phenoxy) is 1. The van der Waals surface area contributed by atoms with E-state index in [1.807, 2.05) is 6.07 Å². The van der Waals surface area contributed by atoms with Crippen LogP contribution in [0.4, 0.5) is 0 Å². The second kappa shape index (κ2) is 9.12. The Morgan fingerprint density at radius 1 is 1.29 bits per heavy atom. The molecule has 1 aliphatic heterocycles. The van der Waals surface area contributed by atoms with Crippen LogP contribution < -0.4 is 11.2 Å². The molecule has 21 heavy (non-hydrogen) atoms. The number of nitrogens with two attached hydrogens (primary N) is 1. The quantitative estimate of drug-likeness (QED) is 0.676. The molecule has 0 aliphatic carbocycles. The fourth-order valence-electron chi connectivity index (χ4n) is 2.46. The Morgan fingerprint density at radius 2 is 2.00 bits per heavy atom. The van der Waals surface area contributed by atoms with E-state index in [0.717, 1.165) is 52.4 Å². The predicted octanol–water partition coefficient (Wildman–Crippen LogP) is 0.325. The molecule has 3 N–H and O–H groups in total. The van der Waals surface area contributed by atoms with Gasteiger partial charge in [-0.05, 0) is 12.0 Å². The molecule has 0 bridgehead atoms. The summed E-state index contributed by atoms with van der Waals surface area (Å²) in [6, 6.07) is 10.5. The highest BCUT2D eigenvalue weighted by atomic mass is 16.5. The summed E-state index contributed by atoms with van der Waals surface area (Å²) in [5, 5.41) is 2.14. The Hall–Kier alpha value is -0.980. The Balaban J connectivity index is 1.58. The van der Waals surface area contributed by atoms with Crippen molar-refractivity contribution >= 4 is 0 Å². The van der Waals surface area contributed by atoms with Crippen LogP contribution in [0.2, 0.25) is 0 Å². The molecule has 1 aromatic carbocycles. The zero-order valence-electron chi connectivity index (χ0n) is 13.0. The van der Waals surface area contributed by atoms with Crippen LogP contribution in [0.15, 0.2) is 30.3 Å². The van der Waals surface area contributed by atoms with E-state index in [2.05, 4.69) is 46.6 Å². The fourth-order valence-corrected chi connectivity index (χ4v) is 2.46. The van der Waals surface area contributed by atoms with E-state index >= 15 is 0 Å². The lowest BCUT2D eigenvalue weighted by atomic mass is 10.1. The number of nitrogens with one attached hydrogen (secondary N) is 1. The van der Waals surface area contributed by atoms with Gasteiger partial charge < -0.3 is 10.5 Å². The molecule has 1 aliphatic rings. The molecule has 1 heterocycles. The standard InChI is InChI=1S/C16H28N4O/c1-19(7-8-20-9-11-21-12-10-20)18-14-16(17)13-15-5-3-2-4-6-15/h2-6,16,18H,7-14,17H2,1H3/t16-/m0/s1. The van der Waals surface area contributed by atoms with Crippen LogP contribution in [0.3, 0.4) is 0 Å². The van der Waals surface area contributed by atoms with E-state index in [-0.39, 0.29) is 6.04 Å². The first kappa shape index (κ1) is 16.4. The van der Waals surface area contributed by atoms with E-state index < -0.39 is 0 Å². The Kier molecular flexibility index (Phi) is 7.12. The largest absolute Gasteiger partial charge is 0.379 e. The van der Waals surface area contributed by atoms with Crippen LogP contribution in [0.25, 0.3) is 0 Å². The lowest BCUT2D eigenvalue weighted by Gasteiger charge is -2.29. The van der Waals surface area contributed by atoms with E-state index in [1.165, 1.54) is 5.56 Å². The van der Waals surface area contributed by atoms with Crippen molar-refractivity contribution in [3.63, 3.8) is 0 Å². The number of hydrogen-bond donors (Lipinski definition) is 2. The van der Waals surface area contributed by atoms with Gasteiger partial charge in [0.05, 0.1) is 13.2 Å². The summed E-state index contributed by atoms with van der Waals surface area (Å²) < 4.78 is 5.35. The molecule has 0 aromatic heterocycles. The van der Waals surface area contributed by atoms with Gasteiger partial charge in [-0.25, -0.2) is 5.01 Å². The molecule has 0 radical (unpaired) electrons. The maximum Gasteiger partial charge on any atom is 0.0594 e. The van der Waals surface area contributed by atoms with Crippen molar-refractivity contribution in [3.8, 4) is 0 Å². The monoisotopic (exact) mass is 292 g/mol. The molecule has 0 unspecified atom stereocenters. The maximum atomic E-state index is 6.18. The number of benzene rings is 1. The van der Waals surface area contributed by atoms with Gasteiger partial charge in [0, 0.05) is 45.8 Å². The van der Waals surface area contributed by atoms with Crippen molar-refractivity contribution in [1.82, 2.24) is 15.3 Å². The summed E-state index contributed by atoms with van der Waals surface area (Å²) in [5.74, 6) is 0. The van der Waals surface area contributed by atoms with Crippen molar-refractivity contribution in [1.29, 1.82) is 0 Å². The van der Waals surface area contributed by atoms with Crippen LogP contribution >= 0.6 is 0 Å². The zero-order valence-corrected chi connectivity index (χ0v) is 13.0. The number of hydrogen-bond acceptors (Lipinski definition) is 5. The SMILES string of the molecule is CN(CCN1CCOCC1)NC[C@@H](N)Cc1ccccc1. The lowest BCUT2D eigenvalue weighted by Crippen LogP contribution is -2.47. The predicted molar refractivity (Wildman–Crippen MR) is 86.0 cm³/mol. The molecule has 0 amide bonds. The highest BCUT2D eigenvalue weighted by Crippen LogP contribution is 2.01. The van der Waals surface area contributed by atoms with Gasteiger partial charge in [0.2, 0.25) is 0 Å². The van der Waals surface area contributed by atoms with Gasteiger partial charge in [-0.2, -0.15) is 0 Å². The first-order valence-electron chi connectivity index (χ1n) is 7.78. The average molecular weight is 292 g/mol. The maximum absolute atomic E-state index is 6.18. The minimum absolute atomic E-state index is 0.137. The van der Waals surface area contributed by atoms with Crippen molar-refractivity contribution in [2.45, 2.75) is 12.5 Å². The molecule has 0 spiro atoms. The van der Waals surface area contributed by atoms with Crippen molar-refractivity contribution in [2.75, 3.05) is 53.0 Å². The number of rotatable bonds is 8. The molecule has 2 rings (SSSR count). The minimum atomic E-state index is 0.137. The number of nitrogens with zero attached hydrogens (tertiary/aromatic N) is 2. The third-order valence-electron chi connectivity index (χ3n) is 3.82. The van der Waals surface area contributed by atoms with Gasteiger partial charge in [0.25, 0.3) is 0 Å². The van der Waals surface area contributed by atoms with Gasteiger partial charge in [0.15, 0.2) is 0 Å². The van der Waals surface area contributed by atoms with E-state index in [0.29, 0.717) is 0 Å². The summed E-state index contributed by atoms with van der Waals surface area (Å²) in [7, 11) is 2.08. The molecule has 0 saturated carbocycles. The zero-order chi connectivity index (χ0) is 14.9. The first-order valence-corrected chi connectivity index (χ1v) is 7.78. The van der Waals surface area contributed by atoms with Crippen LogP contribution in [0, 0.1) is 0 Å². The number of likely N-dealkylation sites (N-methyl/N-ethyl adjacent to an activating group) is 1.